The van der Waals surface area contributed by atoms with Crippen LogP contribution in [-0.4, -0.2) is 18.3 Å². The van der Waals surface area contributed by atoms with E-state index in [1.54, 1.807) is 7.11 Å². The third-order valence-electron chi connectivity index (χ3n) is 2.56. The Hall–Kier alpha value is -0.760. The molecule has 13 heavy (non-hydrogen) atoms. The lowest BCUT2D eigenvalue weighted by molar-refractivity contribution is 0.190. The summed E-state index contributed by atoms with van der Waals surface area (Å²) in [7, 11) is 1.75. The van der Waals surface area contributed by atoms with Gasteiger partial charge in [0.2, 0.25) is 0 Å². The van der Waals surface area contributed by atoms with Gasteiger partial charge in [0.1, 0.15) is 0 Å². The van der Waals surface area contributed by atoms with Gasteiger partial charge in [-0.3, -0.25) is 0 Å². The van der Waals surface area contributed by atoms with Crippen LogP contribution in [0.15, 0.2) is 6.07 Å². The molecule has 0 spiro atoms. The predicted octanol–water partition coefficient (Wildman–Crippen LogP) is 2.45. The van der Waals surface area contributed by atoms with Crippen molar-refractivity contribution in [1.82, 2.24) is 4.57 Å². The molecule has 0 aliphatic carbocycles. The second kappa shape index (κ2) is 4.47. The average molecular weight is 181 g/mol. The van der Waals surface area contributed by atoms with Crippen molar-refractivity contribution in [3.05, 3.63) is 23.0 Å². The minimum absolute atomic E-state index is 0.843. The van der Waals surface area contributed by atoms with E-state index in [1.165, 1.54) is 17.0 Å². The van der Waals surface area contributed by atoms with Crippen LogP contribution in [0.25, 0.3) is 0 Å². The SMILES string of the molecule is COCCCn1c(C)cc(C)c1C. The normalized spacial score (nSPS) is 10.8. The molecule has 0 radical (unpaired) electrons. The number of nitrogens with zero attached hydrogens (tertiary/aromatic N) is 1. The van der Waals surface area contributed by atoms with Gasteiger partial charge >= 0.3 is 0 Å². The fourth-order valence-corrected chi connectivity index (χ4v) is 1.68. The van der Waals surface area contributed by atoms with Gasteiger partial charge in [-0.15, -0.1) is 0 Å². The molecular weight excluding hydrogens is 162 g/mol. The Morgan fingerprint density at radius 2 is 2.00 bits per heavy atom. The van der Waals surface area contributed by atoms with Gasteiger partial charge in [-0.2, -0.15) is 0 Å². The molecule has 0 aliphatic heterocycles. The van der Waals surface area contributed by atoms with Crippen molar-refractivity contribution in [1.29, 1.82) is 0 Å². The Kier molecular flexibility index (Phi) is 3.55. The van der Waals surface area contributed by atoms with E-state index < -0.39 is 0 Å². The third kappa shape index (κ3) is 2.34. The van der Waals surface area contributed by atoms with Crippen LogP contribution in [-0.2, 0) is 11.3 Å². The third-order valence-corrected chi connectivity index (χ3v) is 2.56. The quantitative estimate of drug-likeness (QED) is 0.651. The van der Waals surface area contributed by atoms with Crippen LogP contribution < -0.4 is 0 Å². The Labute approximate surface area is 80.5 Å². The smallest absolute Gasteiger partial charge is 0.0479 e. The van der Waals surface area contributed by atoms with Crippen molar-refractivity contribution in [3.8, 4) is 0 Å². The molecule has 0 fully saturated rings. The fourth-order valence-electron chi connectivity index (χ4n) is 1.68. The molecule has 0 saturated carbocycles. The summed E-state index contributed by atoms with van der Waals surface area (Å²) in [6.07, 6.45) is 1.09. The first-order valence-electron chi connectivity index (χ1n) is 4.79. The number of rotatable bonds is 4. The molecule has 0 atom stereocenters. The minimum Gasteiger partial charge on any atom is -0.385 e. The van der Waals surface area contributed by atoms with Crippen LogP contribution in [0.3, 0.4) is 0 Å². The zero-order chi connectivity index (χ0) is 9.84. The van der Waals surface area contributed by atoms with Gasteiger partial charge in [-0.25, -0.2) is 0 Å². The van der Waals surface area contributed by atoms with Gasteiger partial charge in [0, 0.05) is 31.6 Å². The molecule has 0 amide bonds. The molecule has 0 bridgehead atoms. The summed E-state index contributed by atoms with van der Waals surface area (Å²) in [5.41, 5.74) is 4.12. The van der Waals surface area contributed by atoms with Gasteiger partial charge in [0.25, 0.3) is 0 Å². The van der Waals surface area contributed by atoms with E-state index in [1.807, 2.05) is 0 Å². The minimum atomic E-state index is 0.843. The molecule has 0 saturated heterocycles. The highest BCUT2D eigenvalue weighted by molar-refractivity contribution is 5.24. The summed E-state index contributed by atoms with van der Waals surface area (Å²) in [4.78, 5) is 0. The molecule has 0 aromatic carbocycles. The van der Waals surface area contributed by atoms with Crippen LogP contribution in [0.2, 0.25) is 0 Å². The first kappa shape index (κ1) is 10.3. The standard InChI is InChI=1S/C11H19NO/c1-9-8-10(2)12(11(9)3)6-5-7-13-4/h8H,5-7H2,1-4H3. The zero-order valence-corrected chi connectivity index (χ0v) is 9.05. The number of methoxy groups -OCH3 is 1. The van der Waals surface area contributed by atoms with Gasteiger partial charge in [-0.05, 0) is 38.8 Å². The molecule has 1 rings (SSSR count). The first-order valence-corrected chi connectivity index (χ1v) is 4.79. The molecule has 0 N–H and O–H groups in total. The maximum Gasteiger partial charge on any atom is 0.0479 e. The van der Waals surface area contributed by atoms with Crippen LogP contribution >= 0.6 is 0 Å². The van der Waals surface area contributed by atoms with E-state index >= 15 is 0 Å². The topological polar surface area (TPSA) is 14.2 Å². The molecule has 0 unspecified atom stereocenters. The number of aryl methyl sites for hydroxylation is 2. The maximum absolute atomic E-state index is 5.04. The maximum atomic E-state index is 5.04. The summed E-state index contributed by atoms with van der Waals surface area (Å²) in [5, 5.41) is 0. The van der Waals surface area contributed by atoms with Crippen molar-refractivity contribution in [2.75, 3.05) is 13.7 Å². The van der Waals surface area contributed by atoms with E-state index in [9.17, 15) is 0 Å². The highest BCUT2D eigenvalue weighted by atomic mass is 16.5. The molecule has 2 nitrogen and oxygen atoms in total. The van der Waals surface area contributed by atoms with Crippen LogP contribution in [0.4, 0.5) is 0 Å². The second-order valence-corrected chi connectivity index (χ2v) is 3.55. The first-order chi connectivity index (χ1) is 6.16. The van der Waals surface area contributed by atoms with Gasteiger partial charge < -0.3 is 9.30 Å². The Balaban J connectivity index is 2.64. The molecule has 1 aromatic heterocycles. The van der Waals surface area contributed by atoms with E-state index in [4.69, 9.17) is 4.74 Å². The highest BCUT2D eigenvalue weighted by Crippen LogP contribution is 2.13. The van der Waals surface area contributed by atoms with E-state index in [0.717, 1.165) is 19.6 Å². The molecule has 2 heteroatoms. The van der Waals surface area contributed by atoms with E-state index in [2.05, 4.69) is 31.4 Å². The Bertz CT molecular complexity index is 276. The van der Waals surface area contributed by atoms with Crippen molar-refractivity contribution >= 4 is 0 Å². The van der Waals surface area contributed by atoms with Crippen molar-refractivity contribution in [2.24, 2.45) is 0 Å². The molecule has 74 valence electrons. The van der Waals surface area contributed by atoms with Crippen molar-refractivity contribution < 1.29 is 4.74 Å². The largest absolute Gasteiger partial charge is 0.385 e. The fraction of sp³-hybridized carbons (Fsp3) is 0.636. The molecule has 0 aliphatic rings. The lowest BCUT2D eigenvalue weighted by Gasteiger charge is -2.08. The van der Waals surface area contributed by atoms with Gasteiger partial charge in [0.15, 0.2) is 0 Å². The number of hydrogen-bond donors (Lipinski definition) is 0. The Morgan fingerprint density at radius 3 is 2.46 bits per heavy atom. The van der Waals surface area contributed by atoms with Crippen molar-refractivity contribution in [2.45, 2.75) is 33.7 Å². The van der Waals surface area contributed by atoms with E-state index in [-0.39, 0.29) is 0 Å². The monoisotopic (exact) mass is 181 g/mol. The van der Waals surface area contributed by atoms with Gasteiger partial charge in [-0.1, -0.05) is 0 Å². The second-order valence-electron chi connectivity index (χ2n) is 3.55. The van der Waals surface area contributed by atoms with Crippen LogP contribution in [0, 0.1) is 20.8 Å². The summed E-state index contributed by atoms with van der Waals surface area (Å²) in [6, 6.07) is 2.24. The summed E-state index contributed by atoms with van der Waals surface area (Å²) < 4.78 is 7.39. The summed E-state index contributed by atoms with van der Waals surface area (Å²) in [5.74, 6) is 0. The zero-order valence-electron chi connectivity index (χ0n) is 9.05. The van der Waals surface area contributed by atoms with Crippen LogP contribution in [0.5, 0.6) is 0 Å². The molecule has 1 heterocycles. The van der Waals surface area contributed by atoms with Crippen molar-refractivity contribution in [3.63, 3.8) is 0 Å². The van der Waals surface area contributed by atoms with Gasteiger partial charge in [0.05, 0.1) is 0 Å². The summed E-state index contributed by atoms with van der Waals surface area (Å²) >= 11 is 0. The molecular formula is C11H19NO. The Morgan fingerprint density at radius 1 is 1.31 bits per heavy atom. The summed E-state index contributed by atoms with van der Waals surface area (Å²) in [6.45, 7) is 8.41. The number of ether oxygens (including phenoxy) is 1. The number of aromatic nitrogens is 1. The number of hydrogen-bond acceptors (Lipinski definition) is 1. The lowest BCUT2D eigenvalue weighted by Crippen LogP contribution is -2.04. The lowest BCUT2D eigenvalue weighted by atomic mass is 10.3. The average Bonchev–Trinajstić information content (AvgIpc) is 2.32. The predicted molar refractivity (Wildman–Crippen MR) is 55.1 cm³/mol. The highest BCUT2D eigenvalue weighted by Gasteiger charge is 2.04. The van der Waals surface area contributed by atoms with E-state index in [0.29, 0.717) is 0 Å². The molecule has 1 aromatic rings. The van der Waals surface area contributed by atoms with Crippen LogP contribution in [0.1, 0.15) is 23.4 Å².